The fraction of sp³-hybridized carbons (Fsp3) is 0.294. The van der Waals surface area contributed by atoms with E-state index in [1.54, 1.807) is 31.2 Å². The number of nitrogens with one attached hydrogen (secondary N) is 1. The summed E-state index contributed by atoms with van der Waals surface area (Å²) in [7, 11) is 0. The third kappa shape index (κ3) is 3.36. The predicted octanol–water partition coefficient (Wildman–Crippen LogP) is 2.43. The maximum atomic E-state index is 12.1. The Morgan fingerprint density at radius 1 is 1.35 bits per heavy atom. The van der Waals surface area contributed by atoms with Gasteiger partial charge in [-0.2, -0.15) is 0 Å². The normalized spacial score (nSPS) is 15.9. The minimum atomic E-state index is -0.432. The average Bonchev–Trinajstić information content (AvgIpc) is 2.78. The SMILES string of the molecule is C=CCc1cc(/C=C2/NC(=O)N(CC)C2=O)cc(OCC)c1O. The molecule has 0 aliphatic carbocycles. The number of phenols is 1. The molecule has 0 aromatic heterocycles. The Balaban J connectivity index is 2.43. The molecule has 1 fully saturated rings. The van der Waals surface area contributed by atoms with Crippen molar-refractivity contribution in [3.63, 3.8) is 0 Å². The Morgan fingerprint density at radius 2 is 2.09 bits per heavy atom. The molecule has 1 aromatic rings. The molecule has 0 atom stereocenters. The first-order valence-electron chi connectivity index (χ1n) is 7.45. The summed E-state index contributed by atoms with van der Waals surface area (Å²) in [4.78, 5) is 24.9. The van der Waals surface area contributed by atoms with Gasteiger partial charge in [-0.1, -0.05) is 6.08 Å². The Labute approximate surface area is 135 Å². The molecule has 1 heterocycles. The minimum absolute atomic E-state index is 0.0610. The number of amides is 3. The summed E-state index contributed by atoms with van der Waals surface area (Å²) in [5, 5.41) is 12.7. The number of ether oxygens (including phenoxy) is 1. The van der Waals surface area contributed by atoms with Gasteiger partial charge < -0.3 is 15.2 Å². The van der Waals surface area contributed by atoms with Crippen LogP contribution in [0, 0.1) is 0 Å². The van der Waals surface area contributed by atoms with Crippen molar-refractivity contribution in [2.24, 2.45) is 0 Å². The number of carbonyl (C=O) groups excluding carboxylic acids is 2. The van der Waals surface area contributed by atoms with Crippen LogP contribution in [0.4, 0.5) is 4.79 Å². The number of rotatable bonds is 6. The predicted molar refractivity (Wildman–Crippen MR) is 87.1 cm³/mol. The number of hydrogen-bond donors (Lipinski definition) is 2. The summed E-state index contributed by atoms with van der Waals surface area (Å²) >= 11 is 0. The van der Waals surface area contributed by atoms with Gasteiger partial charge in [-0.3, -0.25) is 9.69 Å². The number of urea groups is 1. The molecule has 1 aliphatic heterocycles. The van der Waals surface area contributed by atoms with Gasteiger partial charge in [0.25, 0.3) is 5.91 Å². The summed E-state index contributed by atoms with van der Waals surface area (Å²) in [5.74, 6) is 0.0301. The van der Waals surface area contributed by atoms with Gasteiger partial charge in [0.15, 0.2) is 11.5 Å². The zero-order chi connectivity index (χ0) is 17.0. The molecule has 2 N–H and O–H groups in total. The third-order valence-corrected chi connectivity index (χ3v) is 3.43. The monoisotopic (exact) mass is 316 g/mol. The first kappa shape index (κ1) is 16.6. The van der Waals surface area contributed by atoms with Crippen LogP contribution in [0.1, 0.15) is 25.0 Å². The molecule has 0 spiro atoms. The van der Waals surface area contributed by atoms with E-state index in [-0.39, 0.29) is 17.4 Å². The van der Waals surface area contributed by atoms with Crippen molar-refractivity contribution in [1.82, 2.24) is 10.2 Å². The summed E-state index contributed by atoms with van der Waals surface area (Å²) in [6, 6.07) is 2.94. The molecule has 0 unspecified atom stereocenters. The van der Waals surface area contributed by atoms with Crippen molar-refractivity contribution in [3.05, 3.63) is 41.6 Å². The first-order chi connectivity index (χ1) is 11.0. The molecule has 1 saturated heterocycles. The lowest BCUT2D eigenvalue weighted by atomic mass is 10.0. The highest BCUT2D eigenvalue weighted by Crippen LogP contribution is 2.33. The van der Waals surface area contributed by atoms with E-state index in [0.29, 0.717) is 36.4 Å². The summed E-state index contributed by atoms with van der Waals surface area (Å²) in [6.45, 7) is 7.93. The van der Waals surface area contributed by atoms with Gasteiger partial charge >= 0.3 is 6.03 Å². The zero-order valence-electron chi connectivity index (χ0n) is 13.3. The number of imide groups is 1. The van der Waals surface area contributed by atoms with Crippen molar-refractivity contribution in [3.8, 4) is 11.5 Å². The first-order valence-corrected chi connectivity index (χ1v) is 7.45. The number of benzene rings is 1. The molecule has 0 radical (unpaired) electrons. The molecule has 1 aliphatic rings. The standard InChI is InChI=1S/C17H20N2O4/c1-4-7-12-8-11(10-14(15(12)20)23-6-3)9-13-16(21)19(5-2)17(22)18-13/h4,8-10,20H,1,5-7H2,2-3H3,(H,18,22)/b13-9+. The van der Waals surface area contributed by atoms with Gasteiger partial charge in [-0.05, 0) is 44.0 Å². The van der Waals surface area contributed by atoms with Crippen LogP contribution in [0.5, 0.6) is 11.5 Å². The quantitative estimate of drug-likeness (QED) is 0.480. The van der Waals surface area contributed by atoms with E-state index in [1.807, 2.05) is 6.92 Å². The number of likely N-dealkylation sites (N-methyl/N-ethyl adjacent to an activating group) is 1. The van der Waals surface area contributed by atoms with Gasteiger partial charge in [-0.15, -0.1) is 6.58 Å². The van der Waals surface area contributed by atoms with Crippen LogP contribution >= 0.6 is 0 Å². The highest BCUT2D eigenvalue weighted by Gasteiger charge is 2.32. The van der Waals surface area contributed by atoms with Crippen LogP contribution in [0.2, 0.25) is 0 Å². The van der Waals surface area contributed by atoms with E-state index in [0.717, 1.165) is 4.90 Å². The number of nitrogens with zero attached hydrogens (tertiary/aromatic N) is 1. The van der Waals surface area contributed by atoms with Crippen molar-refractivity contribution in [2.45, 2.75) is 20.3 Å². The lowest BCUT2D eigenvalue weighted by Crippen LogP contribution is -2.30. The number of phenolic OH excluding ortho intramolecular Hbond substituents is 1. The number of carbonyl (C=O) groups is 2. The summed E-state index contributed by atoms with van der Waals surface area (Å²) in [5.41, 5.74) is 1.50. The molecule has 1 aromatic carbocycles. The van der Waals surface area contributed by atoms with Crippen molar-refractivity contribution < 1.29 is 19.4 Å². The van der Waals surface area contributed by atoms with Crippen LogP contribution in [-0.2, 0) is 11.2 Å². The molecule has 23 heavy (non-hydrogen) atoms. The molecule has 2 rings (SSSR count). The van der Waals surface area contributed by atoms with Crippen molar-refractivity contribution >= 4 is 18.0 Å². The van der Waals surface area contributed by atoms with Crippen LogP contribution in [0.25, 0.3) is 6.08 Å². The second-order valence-corrected chi connectivity index (χ2v) is 4.99. The van der Waals surface area contributed by atoms with E-state index in [9.17, 15) is 14.7 Å². The van der Waals surface area contributed by atoms with Gasteiger partial charge in [0.05, 0.1) is 6.61 Å². The van der Waals surface area contributed by atoms with E-state index < -0.39 is 6.03 Å². The smallest absolute Gasteiger partial charge is 0.328 e. The molecular formula is C17H20N2O4. The minimum Gasteiger partial charge on any atom is -0.504 e. The molecule has 122 valence electrons. The maximum Gasteiger partial charge on any atom is 0.328 e. The van der Waals surface area contributed by atoms with Crippen LogP contribution < -0.4 is 10.1 Å². The molecule has 3 amide bonds. The van der Waals surface area contributed by atoms with Crippen LogP contribution in [-0.4, -0.2) is 35.1 Å². The number of aromatic hydroxyl groups is 1. The van der Waals surface area contributed by atoms with Gasteiger partial charge in [0.1, 0.15) is 5.70 Å². The number of hydrogen-bond acceptors (Lipinski definition) is 4. The fourth-order valence-electron chi connectivity index (χ4n) is 2.37. The maximum absolute atomic E-state index is 12.1. The van der Waals surface area contributed by atoms with Crippen LogP contribution in [0.3, 0.4) is 0 Å². The Morgan fingerprint density at radius 3 is 2.65 bits per heavy atom. The highest BCUT2D eigenvalue weighted by atomic mass is 16.5. The lowest BCUT2D eigenvalue weighted by molar-refractivity contribution is -0.122. The zero-order valence-corrected chi connectivity index (χ0v) is 13.3. The highest BCUT2D eigenvalue weighted by molar-refractivity contribution is 6.13. The third-order valence-electron chi connectivity index (χ3n) is 3.43. The summed E-state index contributed by atoms with van der Waals surface area (Å²) in [6.07, 6.45) is 3.71. The Bertz CT molecular complexity index is 679. The van der Waals surface area contributed by atoms with Crippen molar-refractivity contribution in [1.29, 1.82) is 0 Å². The van der Waals surface area contributed by atoms with E-state index >= 15 is 0 Å². The van der Waals surface area contributed by atoms with Gasteiger partial charge in [0, 0.05) is 12.1 Å². The molecule has 6 nitrogen and oxygen atoms in total. The molecule has 6 heteroatoms. The molecule has 0 saturated carbocycles. The fourth-order valence-corrected chi connectivity index (χ4v) is 2.37. The topological polar surface area (TPSA) is 78.9 Å². The average molecular weight is 316 g/mol. The van der Waals surface area contributed by atoms with E-state index in [2.05, 4.69) is 11.9 Å². The van der Waals surface area contributed by atoms with E-state index in [1.165, 1.54) is 0 Å². The molecular weight excluding hydrogens is 296 g/mol. The lowest BCUT2D eigenvalue weighted by Gasteiger charge is -2.11. The second kappa shape index (κ2) is 7.00. The molecule has 0 bridgehead atoms. The van der Waals surface area contributed by atoms with Crippen molar-refractivity contribution in [2.75, 3.05) is 13.2 Å². The second-order valence-electron chi connectivity index (χ2n) is 4.99. The largest absolute Gasteiger partial charge is 0.504 e. The summed E-state index contributed by atoms with van der Waals surface area (Å²) < 4.78 is 5.42. The number of allylic oxidation sites excluding steroid dienone is 1. The van der Waals surface area contributed by atoms with E-state index in [4.69, 9.17) is 4.74 Å². The van der Waals surface area contributed by atoms with Crippen LogP contribution in [0.15, 0.2) is 30.5 Å². The van der Waals surface area contributed by atoms with Gasteiger partial charge in [-0.25, -0.2) is 4.79 Å². The van der Waals surface area contributed by atoms with Gasteiger partial charge in [0.2, 0.25) is 0 Å². The Hall–Kier alpha value is -2.76. The Kier molecular flexibility index (Phi) is 5.05.